The van der Waals surface area contributed by atoms with Crippen LogP contribution in [-0.2, 0) is 0 Å². The maximum Gasteiger partial charge on any atom is 0.130 e. The highest BCUT2D eigenvalue weighted by Crippen LogP contribution is 2.31. The lowest BCUT2D eigenvalue weighted by molar-refractivity contribution is 0.247. The highest BCUT2D eigenvalue weighted by atomic mass is 32.2. The van der Waals surface area contributed by atoms with E-state index in [0.717, 1.165) is 87.8 Å². The number of hydrogen-bond donors (Lipinski definition) is 1. The first-order chi connectivity index (χ1) is 18.4. The summed E-state index contributed by atoms with van der Waals surface area (Å²) in [5, 5.41) is 6.65. The van der Waals surface area contributed by atoms with Crippen LogP contribution in [0.3, 0.4) is 0 Å². The molecule has 7 heteroatoms. The van der Waals surface area contributed by atoms with Gasteiger partial charge in [0.15, 0.2) is 0 Å². The molecule has 0 radical (unpaired) electrons. The largest absolute Gasteiger partial charge is 0.354 e. The number of rotatable bonds is 9. The topological polar surface area (TPSA) is 56.7 Å². The minimum atomic E-state index is 0.328. The van der Waals surface area contributed by atoms with E-state index >= 15 is 0 Å². The number of benzene rings is 1. The fraction of sp³-hybridized carbons (Fsp3) is 0.387. The van der Waals surface area contributed by atoms with E-state index in [1.165, 1.54) is 12.8 Å². The molecular weight excluding hydrogens is 488 g/mol. The van der Waals surface area contributed by atoms with Crippen LogP contribution in [0.15, 0.2) is 66.9 Å². The average molecular weight is 527 g/mol. The SMILES string of the molecule is C=C(Nc1cc2cc(C(=C)S/C(C)=N\[C@H](C)CC)ccc2cn1)c1ccnc(N2CCN(C3CC3)CC2)c1. The van der Waals surface area contributed by atoms with Gasteiger partial charge in [-0.05, 0) is 68.3 Å². The monoisotopic (exact) mass is 526 g/mol. The molecule has 0 unspecified atom stereocenters. The molecule has 5 rings (SSSR count). The standard InChI is InChI=1S/C31H38N6S/c1-6-21(2)34-24(5)38-23(4)26-7-8-27-20-33-30(18-28(27)17-26)35-22(3)25-11-12-32-31(19-25)37-15-13-36(14-16-37)29-9-10-29/h7-8,11-12,17-21,29H,3-4,6,9-10,13-16H2,1-2,5H3,(H,33,35)/b34-24-/t21-/m1/s1. The summed E-state index contributed by atoms with van der Waals surface area (Å²) in [6.07, 6.45) is 7.54. The van der Waals surface area contributed by atoms with Crippen LogP contribution >= 0.6 is 11.8 Å². The Morgan fingerprint density at radius 3 is 2.58 bits per heavy atom. The fourth-order valence-electron chi connectivity index (χ4n) is 4.81. The van der Waals surface area contributed by atoms with Crippen molar-refractivity contribution in [2.45, 2.75) is 52.1 Å². The van der Waals surface area contributed by atoms with Crippen molar-refractivity contribution in [1.29, 1.82) is 0 Å². The third kappa shape index (κ3) is 6.45. The Morgan fingerprint density at radius 2 is 1.84 bits per heavy atom. The minimum Gasteiger partial charge on any atom is -0.354 e. The van der Waals surface area contributed by atoms with E-state index < -0.39 is 0 Å². The Balaban J connectivity index is 1.26. The number of nitrogens with zero attached hydrogens (tertiary/aromatic N) is 5. The average Bonchev–Trinajstić information content (AvgIpc) is 3.78. The van der Waals surface area contributed by atoms with Crippen LogP contribution in [-0.4, -0.2) is 58.2 Å². The maximum absolute atomic E-state index is 4.73. The number of aromatic nitrogens is 2. The van der Waals surface area contributed by atoms with Crippen molar-refractivity contribution >= 4 is 49.8 Å². The molecule has 1 N–H and O–H groups in total. The first-order valence-corrected chi connectivity index (χ1v) is 14.4. The van der Waals surface area contributed by atoms with Crippen LogP contribution in [0.5, 0.6) is 0 Å². The molecule has 3 aromatic rings. The molecule has 1 aliphatic carbocycles. The summed E-state index contributed by atoms with van der Waals surface area (Å²) in [4.78, 5) is 20.0. The summed E-state index contributed by atoms with van der Waals surface area (Å²) in [5.41, 5.74) is 2.93. The van der Waals surface area contributed by atoms with Crippen molar-refractivity contribution < 1.29 is 0 Å². The second kappa shape index (κ2) is 11.7. The van der Waals surface area contributed by atoms with Crippen LogP contribution in [0.2, 0.25) is 0 Å². The molecule has 38 heavy (non-hydrogen) atoms. The third-order valence-corrected chi connectivity index (χ3v) is 8.26. The molecule has 0 spiro atoms. The molecule has 0 bridgehead atoms. The summed E-state index contributed by atoms with van der Waals surface area (Å²) in [6.45, 7) is 19.2. The van der Waals surface area contributed by atoms with Gasteiger partial charge in [-0.1, -0.05) is 44.0 Å². The molecule has 2 aromatic heterocycles. The highest BCUT2D eigenvalue weighted by Gasteiger charge is 2.31. The molecule has 0 amide bonds. The van der Waals surface area contributed by atoms with E-state index in [0.29, 0.717) is 6.04 Å². The summed E-state index contributed by atoms with van der Waals surface area (Å²) in [7, 11) is 0. The van der Waals surface area contributed by atoms with Crippen molar-refractivity contribution in [2.24, 2.45) is 4.99 Å². The quantitative estimate of drug-likeness (QED) is 0.241. The van der Waals surface area contributed by atoms with Crippen molar-refractivity contribution in [3.8, 4) is 0 Å². The normalized spacial score (nSPS) is 17.4. The summed E-state index contributed by atoms with van der Waals surface area (Å²) < 4.78 is 0. The lowest BCUT2D eigenvalue weighted by atomic mass is 10.1. The number of thioether (sulfide) groups is 1. The van der Waals surface area contributed by atoms with Crippen molar-refractivity contribution in [3.05, 3.63) is 73.1 Å². The van der Waals surface area contributed by atoms with E-state index in [4.69, 9.17) is 4.99 Å². The van der Waals surface area contributed by atoms with Gasteiger partial charge in [-0.3, -0.25) is 9.89 Å². The van der Waals surface area contributed by atoms with Crippen LogP contribution in [0.4, 0.5) is 11.6 Å². The molecular formula is C31H38N6S. The lowest BCUT2D eigenvalue weighted by Gasteiger charge is -2.35. The molecule has 2 fully saturated rings. The first-order valence-electron chi connectivity index (χ1n) is 13.6. The van der Waals surface area contributed by atoms with E-state index in [2.05, 4.69) is 89.3 Å². The molecule has 2 aliphatic rings. The van der Waals surface area contributed by atoms with Gasteiger partial charge in [0.05, 0.1) is 5.04 Å². The lowest BCUT2D eigenvalue weighted by Crippen LogP contribution is -2.47. The highest BCUT2D eigenvalue weighted by molar-refractivity contribution is 8.21. The smallest absolute Gasteiger partial charge is 0.130 e. The molecule has 1 aliphatic heterocycles. The molecule has 3 heterocycles. The number of pyridine rings is 2. The van der Waals surface area contributed by atoms with Gasteiger partial charge in [0.25, 0.3) is 0 Å². The van der Waals surface area contributed by atoms with Crippen LogP contribution in [0, 0.1) is 0 Å². The van der Waals surface area contributed by atoms with Crippen LogP contribution < -0.4 is 10.2 Å². The maximum atomic E-state index is 4.73. The molecule has 198 valence electrons. The fourth-order valence-corrected chi connectivity index (χ4v) is 5.64. The van der Waals surface area contributed by atoms with Gasteiger partial charge in [0.1, 0.15) is 11.6 Å². The Hall–Kier alpha value is -3.16. The summed E-state index contributed by atoms with van der Waals surface area (Å²) in [6, 6.07) is 13.7. The van der Waals surface area contributed by atoms with Gasteiger partial charge in [-0.15, -0.1) is 0 Å². The van der Waals surface area contributed by atoms with Gasteiger partial charge in [-0.25, -0.2) is 9.97 Å². The van der Waals surface area contributed by atoms with E-state index in [1.807, 2.05) is 18.5 Å². The number of hydrogen-bond acceptors (Lipinski definition) is 7. The molecule has 1 aromatic carbocycles. The predicted molar refractivity (Wildman–Crippen MR) is 165 cm³/mol. The number of piperazine rings is 1. The van der Waals surface area contributed by atoms with E-state index in [-0.39, 0.29) is 0 Å². The van der Waals surface area contributed by atoms with E-state index in [1.54, 1.807) is 11.8 Å². The van der Waals surface area contributed by atoms with Crippen molar-refractivity contribution in [3.63, 3.8) is 0 Å². The zero-order valence-electron chi connectivity index (χ0n) is 22.8. The van der Waals surface area contributed by atoms with Gasteiger partial charge in [-0.2, -0.15) is 0 Å². The summed E-state index contributed by atoms with van der Waals surface area (Å²) in [5.74, 6) is 1.78. The van der Waals surface area contributed by atoms with Crippen molar-refractivity contribution in [2.75, 3.05) is 36.4 Å². The minimum absolute atomic E-state index is 0.328. The third-order valence-electron chi connectivity index (χ3n) is 7.38. The zero-order valence-corrected chi connectivity index (χ0v) is 23.6. The summed E-state index contributed by atoms with van der Waals surface area (Å²) >= 11 is 1.63. The molecule has 1 saturated heterocycles. The molecule has 1 saturated carbocycles. The van der Waals surface area contributed by atoms with Gasteiger partial charge < -0.3 is 10.2 Å². The van der Waals surface area contributed by atoms with Gasteiger partial charge in [0, 0.05) is 72.2 Å². The Bertz CT molecular complexity index is 1350. The Labute approximate surface area is 231 Å². The molecule has 1 atom stereocenters. The second-order valence-electron chi connectivity index (χ2n) is 10.3. The number of nitrogens with one attached hydrogen (secondary N) is 1. The predicted octanol–water partition coefficient (Wildman–Crippen LogP) is 6.92. The van der Waals surface area contributed by atoms with Crippen molar-refractivity contribution in [1.82, 2.24) is 14.9 Å². The number of anilines is 2. The second-order valence-corrected chi connectivity index (χ2v) is 11.6. The Morgan fingerprint density at radius 1 is 1.05 bits per heavy atom. The van der Waals surface area contributed by atoms with Crippen LogP contribution in [0.25, 0.3) is 21.4 Å². The number of fused-ring (bicyclic) bond motifs is 1. The Kier molecular flexibility index (Phi) is 8.15. The van der Waals surface area contributed by atoms with E-state index in [9.17, 15) is 0 Å². The zero-order chi connectivity index (χ0) is 26.6. The number of aliphatic imine (C=N–C) groups is 1. The molecule has 6 nitrogen and oxygen atoms in total. The van der Waals surface area contributed by atoms with Gasteiger partial charge in [0.2, 0.25) is 0 Å². The van der Waals surface area contributed by atoms with Crippen LogP contribution in [0.1, 0.15) is 51.2 Å². The first kappa shape index (κ1) is 26.4. The van der Waals surface area contributed by atoms with Gasteiger partial charge >= 0.3 is 0 Å².